The number of nitrogens with one attached hydrogen (secondary N) is 2. The van der Waals surface area contributed by atoms with Gasteiger partial charge in [-0.05, 0) is 36.5 Å². The molecule has 2 aromatic heterocycles. The standard InChI is InChI=1S/C19H23N5O3/c1-11(2)10-23-15-8-14(12-4-3-7-20-9-12)22-24(15)19(27)16(18(23)26)17(25)21-13-5-6-13/h3-4,7-9,11,13-14,21-22,25H,5-6,10H2,1-2H3. The van der Waals surface area contributed by atoms with Crippen LogP contribution < -0.4 is 32.6 Å². The molecule has 142 valence electrons. The van der Waals surface area contributed by atoms with Crippen LogP contribution in [0.3, 0.4) is 0 Å². The maximum absolute atomic E-state index is 13.0. The molecule has 1 unspecified atom stereocenters. The van der Waals surface area contributed by atoms with Gasteiger partial charge in [-0.15, -0.1) is 0 Å². The summed E-state index contributed by atoms with van der Waals surface area (Å²) in [4.78, 5) is 30.1. The molecule has 2 aromatic rings. The fourth-order valence-corrected chi connectivity index (χ4v) is 3.25. The van der Waals surface area contributed by atoms with E-state index < -0.39 is 11.1 Å². The number of hydrogen-bond donors (Lipinski definition) is 3. The minimum absolute atomic E-state index is 0.128. The van der Waals surface area contributed by atoms with Crippen LogP contribution in [0, 0.1) is 5.92 Å². The number of pyridine rings is 1. The van der Waals surface area contributed by atoms with Gasteiger partial charge in [0.1, 0.15) is 5.48 Å². The lowest BCUT2D eigenvalue weighted by molar-refractivity contribution is 0.444. The highest BCUT2D eigenvalue weighted by Gasteiger charge is 2.25. The highest BCUT2D eigenvalue weighted by atomic mass is 16.3. The summed E-state index contributed by atoms with van der Waals surface area (Å²) in [6.07, 6.45) is 7.09. The number of aromatic nitrogens is 3. The molecule has 0 aromatic carbocycles. The van der Waals surface area contributed by atoms with E-state index in [0.29, 0.717) is 12.0 Å². The van der Waals surface area contributed by atoms with Crippen molar-refractivity contribution in [3.8, 4) is 0 Å². The largest absolute Gasteiger partial charge is 0.494 e. The first-order chi connectivity index (χ1) is 13.0. The monoisotopic (exact) mass is 369 g/mol. The van der Waals surface area contributed by atoms with Gasteiger partial charge in [-0.3, -0.25) is 19.1 Å². The third-order valence-electron chi connectivity index (χ3n) is 4.71. The Kier molecular flexibility index (Phi) is 4.25. The molecule has 1 aliphatic heterocycles. The van der Waals surface area contributed by atoms with Crippen molar-refractivity contribution in [3.05, 3.63) is 61.5 Å². The van der Waals surface area contributed by atoms with Crippen LogP contribution >= 0.6 is 0 Å². The highest BCUT2D eigenvalue weighted by molar-refractivity contribution is 5.42. The summed E-state index contributed by atoms with van der Waals surface area (Å²) in [6, 6.07) is 3.58. The van der Waals surface area contributed by atoms with Crippen LogP contribution in [0.25, 0.3) is 12.0 Å². The Balaban J connectivity index is 1.93. The Morgan fingerprint density at radius 2 is 2.15 bits per heavy atom. The first-order valence-electron chi connectivity index (χ1n) is 9.19. The van der Waals surface area contributed by atoms with E-state index >= 15 is 0 Å². The van der Waals surface area contributed by atoms with Gasteiger partial charge in [-0.2, -0.15) is 0 Å². The molecule has 0 saturated heterocycles. The van der Waals surface area contributed by atoms with Crippen LogP contribution in [0.5, 0.6) is 0 Å². The van der Waals surface area contributed by atoms with Gasteiger partial charge in [0.25, 0.3) is 11.1 Å². The van der Waals surface area contributed by atoms with Crippen molar-refractivity contribution in [2.24, 2.45) is 5.92 Å². The minimum atomic E-state index is -0.553. The van der Waals surface area contributed by atoms with E-state index in [4.69, 9.17) is 0 Å². The van der Waals surface area contributed by atoms with E-state index in [-0.39, 0.29) is 29.1 Å². The van der Waals surface area contributed by atoms with Crippen LogP contribution in [0.15, 0.2) is 34.1 Å². The van der Waals surface area contributed by atoms with Crippen molar-refractivity contribution in [1.82, 2.24) is 19.5 Å². The first-order valence-corrected chi connectivity index (χ1v) is 9.19. The molecule has 0 amide bonds. The van der Waals surface area contributed by atoms with Crippen molar-refractivity contribution in [2.45, 2.75) is 45.3 Å². The van der Waals surface area contributed by atoms with Crippen LogP contribution in [-0.4, -0.2) is 25.4 Å². The third kappa shape index (κ3) is 3.22. The number of hydrogen-bond acceptors (Lipinski definition) is 6. The van der Waals surface area contributed by atoms with Crippen LogP contribution in [-0.2, 0) is 6.54 Å². The third-order valence-corrected chi connectivity index (χ3v) is 4.71. The molecular formula is C19H23N5O3. The number of rotatable bonds is 5. The van der Waals surface area contributed by atoms with Crippen LogP contribution in [0.2, 0.25) is 0 Å². The smallest absolute Gasteiger partial charge is 0.289 e. The number of fused-ring (bicyclic) bond motifs is 1. The summed E-state index contributed by atoms with van der Waals surface area (Å²) in [6.45, 7) is 4.44. The Morgan fingerprint density at radius 3 is 2.78 bits per heavy atom. The maximum Gasteiger partial charge on any atom is 0.289 e. The van der Waals surface area contributed by atoms with E-state index in [1.165, 1.54) is 4.68 Å². The number of aliphatic hydroxyl groups is 1. The SMILES string of the molecule is CC(C)Cn1c(=O)c(=C(O)NC2CC2)c(=O)n2c1=CC(c1cccnc1)N2. The van der Waals surface area contributed by atoms with Gasteiger partial charge in [-0.25, -0.2) is 4.68 Å². The highest BCUT2D eigenvalue weighted by Crippen LogP contribution is 2.19. The van der Waals surface area contributed by atoms with Crippen molar-refractivity contribution in [3.63, 3.8) is 0 Å². The van der Waals surface area contributed by atoms with E-state index in [1.807, 2.05) is 32.1 Å². The van der Waals surface area contributed by atoms with E-state index in [1.54, 1.807) is 17.0 Å². The summed E-state index contributed by atoms with van der Waals surface area (Å²) in [5, 5.41) is 13.0. The maximum atomic E-state index is 13.0. The molecule has 27 heavy (non-hydrogen) atoms. The second-order valence-electron chi connectivity index (χ2n) is 7.51. The van der Waals surface area contributed by atoms with Crippen molar-refractivity contribution in [2.75, 3.05) is 5.43 Å². The Bertz CT molecular complexity index is 1100. The minimum Gasteiger partial charge on any atom is -0.494 e. The molecular weight excluding hydrogens is 346 g/mol. The Hall–Kier alpha value is -3.03. The van der Waals surface area contributed by atoms with Gasteiger partial charge < -0.3 is 15.8 Å². The molecule has 4 rings (SSSR count). The molecule has 1 atom stereocenters. The Labute approximate surface area is 155 Å². The summed E-state index contributed by atoms with van der Waals surface area (Å²) in [5.74, 6) is -0.144. The molecule has 8 heteroatoms. The average Bonchev–Trinajstić information content (AvgIpc) is 3.33. The molecule has 0 radical (unpaired) electrons. The topological polar surface area (TPSA) is 101 Å². The zero-order chi connectivity index (χ0) is 19.1. The predicted molar refractivity (Wildman–Crippen MR) is 102 cm³/mol. The number of nitrogens with zero attached hydrogens (tertiary/aromatic N) is 3. The fourth-order valence-electron chi connectivity index (χ4n) is 3.25. The molecule has 0 bridgehead atoms. The van der Waals surface area contributed by atoms with Gasteiger partial charge in [0.15, 0.2) is 5.22 Å². The van der Waals surface area contributed by atoms with Gasteiger partial charge in [0, 0.05) is 25.0 Å². The second kappa shape index (κ2) is 6.61. The molecule has 2 aliphatic rings. The zero-order valence-electron chi connectivity index (χ0n) is 15.3. The first kappa shape index (κ1) is 17.4. The van der Waals surface area contributed by atoms with Crippen LogP contribution in [0.1, 0.15) is 38.3 Å². The summed E-state index contributed by atoms with van der Waals surface area (Å²) < 4.78 is 2.90. The van der Waals surface area contributed by atoms with Gasteiger partial charge in [-0.1, -0.05) is 19.9 Å². The summed E-state index contributed by atoms with van der Waals surface area (Å²) in [7, 11) is 0. The molecule has 1 fully saturated rings. The molecule has 1 aliphatic carbocycles. The number of aliphatic hydroxyl groups excluding tert-OH is 1. The average molecular weight is 369 g/mol. The van der Waals surface area contributed by atoms with E-state index in [0.717, 1.165) is 18.4 Å². The lowest BCUT2D eigenvalue weighted by Gasteiger charge is -2.14. The molecule has 3 heterocycles. The van der Waals surface area contributed by atoms with Gasteiger partial charge in [0.05, 0.1) is 6.04 Å². The van der Waals surface area contributed by atoms with Crippen molar-refractivity contribution >= 4 is 12.0 Å². The molecule has 0 spiro atoms. The lowest BCUT2D eigenvalue weighted by atomic mass is 10.1. The van der Waals surface area contributed by atoms with E-state index in [2.05, 4.69) is 15.7 Å². The zero-order valence-corrected chi connectivity index (χ0v) is 15.3. The normalized spacial score (nSPS) is 19.3. The van der Waals surface area contributed by atoms with Gasteiger partial charge >= 0.3 is 0 Å². The summed E-state index contributed by atoms with van der Waals surface area (Å²) in [5.41, 5.74) is 3.47. The molecule has 8 nitrogen and oxygen atoms in total. The Morgan fingerprint density at radius 1 is 1.37 bits per heavy atom. The predicted octanol–water partition coefficient (Wildman–Crippen LogP) is -0.484. The van der Waals surface area contributed by atoms with Crippen LogP contribution in [0.4, 0.5) is 0 Å². The quantitative estimate of drug-likeness (QED) is 0.658. The summed E-state index contributed by atoms with van der Waals surface area (Å²) >= 11 is 0. The fraction of sp³-hybridized carbons (Fsp3) is 0.421. The van der Waals surface area contributed by atoms with Crippen molar-refractivity contribution < 1.29 is 5.11 Å². The molecule has 3 N–H and O–H groups in total. The van der Waals surface area contributed by atoms with E-state index in [9.17, 15) is 14.7 Å². The molecule has 1 saturated carbocycles. The second-order valence-corrected chi connectivity index (χ2v) is 7.51. The van der Waals surface area contributed by atoms with Crippen molar-refractivity contribution in [1.29, 1.82) is 0 Å². The van der Waals surface area contributed by atoms with Gasteiger partial charge in [0.2, 0.25) is 5.88 Å². The lowest BCUT2D eigenvalue weighted by Crippen LogP contribution is -2.60.